The summed E-state index contributed by atoms with van der Waals surface area (Å²) in [6.07, 6.45) is 0. The first-order chi connectivity index (χ1) is 19.1. The van der Waals surface area contributed by atoms with Gasteiger partial charge in [0.15, 0.2) is 5.11 Å². The zero-order valence-electron chi connectivity index (χ0n) is 23.6. The van der Waals surface area contributed by atoms with Crippen LogP contribution in [0.3, 0.4) is 0 Å². The van der Waals surface area contributed by atoms with Gasteiger partial charge in [0, 0.05) is 54.7 Å². The molecule has 210 valence electrons. The standard InChI is InChI=1S/C31H36N4O4S/c1-31(2,3)23-8-6-21(7-9-23)28(36)33-30(40)32-24-10-12-25(13-11-24)34-14-16-35(17-15-34)29(37)22-18-26(38-4)20-27(19-22)39-5/h6-13,18-20H,14-17H2,1-5H3,(H2,32,33,36,40). The normalized spacial score (nSPS) is 13.4. The Balaban J connectivity index is 1.29. The van der Waals surface area contributed by atoms with Gasteiger partial charge < -0.3 is 24.6 Å². The van der Waals surface area contributed by atoms with Crippen molar-refractivity contribution >= 4 is 40.5 Å². The highest BCUT2D eigenvalue weighted by Gasteiger charge is 2.23. The highest BCUT2D eigenvalue weighted by Crippen LogP contribution is 2.25. The molecule has 8 nitrogen and oxygen atoms in total. The molecule has 9 heteroatoms. The lowest BCUT2D eigenvalue weighted by molar-refractivity contribution is 0.0745. The van der Waals surface area contributed by atoms with Gasteiger partial charge in [-0.25, -0.2) is 0 Å². The van der Waals surface area contributed by atoms with Gasteiger partial charge >= 0.3 is 0 Å². The Bertz CT molecular complexity index is 1340. The number of hydrogen-bond donors (Lipinski definition) is 2. The third kappa shape index (κ3) is 7.09. The number of carbonyl (C=O) groups is 2. The predicted molar refractivity (Wildman–Crippen MR) is 163 cm³/mol. The lowest BCUT2D eigenvalue weighted by atomic mass is 9.87. The molecular formula is C31H36N4O4S. The van der Waals surface area contributed by atoms with Crippen molar-refractivity contribution in [2.75, 3.05) is 50.6 Å². The van der Waals surface area contributed by atoms with E-state index in [1.165, 1.54) is 0 Å². The van der Waals surface area contributed by atoms with Crippen LogP contribution >= 0.6 is 12.2 Å². The molecule has 4 rings (SSSR count). The van der Waals surface area contributed by atoms with Crippen molar-refractivity contribution in [3.63, 3.8) is 0 Å². The van der Waals surface area contributed by atoms with Crippen molar-refractivity contribution in [1.82, 2.24) is 10.2 Å². The number of nitrogens with zero attached hydrogens (tertiary/aromatic N) is 2. The molecule has 1 heterocycles. The number of methoxy groups -OCH3 is 2. The van der Waals surface area contributed by atoms with Gasteiger partial charge in [0.05, 0.1) is 14.2 Å². The number of nitrogens with one attached hydrogen (secondary N) is 2. The summed E-state index contributed by atoms with van der Waals surface area (Å²) in [5.74, 6) is 0.874. The van der Waals surface area contributed by atoms with Crippen LogP contribution in [0.2, 0.25) is 0 Å². The van der Waals surface area contributed by atoms with Gasteiger partial charge in [-0.15, -0.1) is 0 Å². The molecule has 3 aromatic carbocycles. The second kappa shape index (κ2) is 12.4. The SMILES string of the molecule is COc1cc(OC)cc(C(=O)N2CCN(c3ccc(NC(=S)NC(=O)c4ccc(C(C)(C)C)cc4)cc3)CC2)c1. The minimum absolute atomic E-state index is 0.0223. The van der Waals surface area contributed by atoms with Crippen LogP contribution in [0.5, 0.6) is 11.5 Å². The fourth-order valence-electron chi connectivity index (χ4n) is 4.50. The molecule has 0 unspecified atom stereocenters. The number of thiocarbonyl (C=S) groups is 1. The van der Waals surface area contributed by atoms with Gasteiger partial charge in [-0.3, -0.25) is 14.9 Å². The highest BCUT2D eigenvalue weighted by atomic mass is 32.1. The van der Waals surface area contributed by atoms with Crippen molar-refractivity contribution < 1.29 is 19.1 Å². The summed E-state index contributed by atoms with van der Waals surface area (Å²) >= 11 is 5.36. The topological polar surface area (TPSA) is 83.1 Å². The summed E-state index contributed by atoms with van der Waals surface area (Å²) in [4.78, 5) is 29.8. The Morgan fingerprint density at radius 2 is 1.38 bits per heavy atom. The van der Waals surface area contributed by atoms with Crippen LogP contribution in [0.25, 0.3) is 0 Å². The number of benzene rings is 3. The van der Waals surface area contributed by atoms with Crippen LogP contribution in [-0.4, -0.2) is 62.2 Å². The van der Waals surface area contributed by atoms with Gasteiger partial charge in [0.25, 0.3) is 11.8 Å². The summed E-state index contributed by atoms with van der Waals surface area (Å²) in [5.41, 5.74) is 4.11. The minimum atomic E-state index is -0.255. The molecule has 0 aliphatic carbocycles. The van der Waals surface area contributed by atoms with E-state index in [0.717, 1.165) is 16.9 Å². The van der Waals surface area contributed by atoms with Gasteiger partial charge in [0.1, 0.15) is 11.5 Å². The molecule has 0 atom stereocenters. The van der Waals surface area contributed by atoms with Crippen molar-refractivity contribution in [3.8, 4) is 11.5 Å². The quantitative estimate of drug-likeness (QED) is 0.407. The Morgan fingerprint density at radius 1 is 0.800 bits per heavy atom. The number of anilines is 2. The third-order valence-corrected chi connectivity index (χ3v) is 7.10. The fraction of sp³-hybridized carbons (Fsp3) is 0.323. The molecule has 40 heavy (non-hydrogen) atoms. The van der Waals surface area contributed by atoms with E-state index < -0.39 is 0 Å². The molecule has 0 spiro atoms. The number of ether oxygens (including phenoxy) is 2. The molecule has 0 bridgehead atoms. The van der Waals surface area contributed by atoms with Crippen LogP contribution in [0.15, 0.2) is 66.7 Å². The molecular weight excluding hydrogens is 524 g/mol. The zero-order valence-corrected chi connectivity index (χ0v) is 24.4. The van der Waals surface area contributed by atoms with E-state index in [0.29, 0.717) is 48.8 Å². The van der Waals surface area contributed by atoms with E-state index in [-0.39, 0.29) is 22.3 Å². The van der Waals surface area contributed by atoms with Crippen molar-refractivity contribution in [2.24, 2.45) is 0 Å². The lowest BCUT2D eigenvalue weighted by Crippen LogP contribution is -2.48. The summed E-state index contributed by atoms with van der Waals surface area (Å²) in [6.45, 7) is 9.03. The largest absolute Gasteiger partial charge is 0.497 e. The average Bonchev–Trinajstić information content (AvgIpc) is 2.96. The van der Waals surface area contributed by atoms with Gasteiger partial charge in [-0.1, -0.05) is 32.9 Å². The molecule has 3 aromatic rings. The van der Waals surface area contributed by atoms with E-state index >= 15 is 0 Å². The first-order valence-corrected chi connectivity index (χ1v) is 13.6. The summed E-state index contributed by atoms with van der Waals surface area (Å²) in [7, 11) is 3.14. The van der Waals surface area contributed by atoms with E-state index in [4.69, 9.17) is 21.7 Å². The van der Waals surface area contributed by atoms with Crippen LogP contribution in [-0.2, 0) is 5.41 Å². The number of amides is 2. The average molecular weight is 561 g/mol. The Labute approximate surface area is 241 Å². The Kier molecular flexibility index (Phi) is 8.94. The molecule has 2 amide bonds. The maximum atomic E-state index is 13.1. The molecule has 1 aliphatic heterocycles. The fourth-order valence-corrected chi connectivity index (χ4v) is 4.71. The second-order valence-corrected chi connectivity index (χ2v) is 11.1. The molecule has 2 N–H and O–H groups in total. The van der Waals surface area contributed by atoms with Crippen molar-refractivity contribution in [2.45, 2.75) is 26.2 Å². The molecule has 1 saturated heterocycles. The maximum Gasteiger partial charge on any atom is 0.257 e. The molecule has 0 saturated carbocycles. The summed E-state index contributed by atoms with van der Waals surface area (Å²) in [5, 5.41) is 6.05. The third-order valence-electron chi connectivity index (χ3n) is 6.90. The van der Waals surface area contributed by atoms with Gasteiger partial charge in [0.2, 0.25) is 0 Å². The van der Waals surface area contributed by atoms with E-state index in [1.54, 1.807) is 32.4 Å². The van der Waals surface area contributed by atoms with Crippen LogP contribution in [0.4, 0.5) is 11.4 Å². The highest BCUT2D eigenvalue weighted by molar-refractivity contribution is 7.80. The monoisotopic (exact) mass is 560 g/mol. The van der Waals surface area contributed by atoms with Crippen LogP contribution in [0.1, 0.15) is 47.1 Å². The van der Waals surface area contributed by atoms with Crippen LogP contribution in [0, 0.1) is 0 Å². The summed E-state index contributed by atoms with van der Waals surface area (Å²) in [6, 6.07) is 20.6. The van der Waals surface area contributed by atoms with Crippen molar-refractivity contribution in [1.29, 1.82) is 0 Å². The van der Waals surface area contributed by atoms with E-state index in [9.17, 15) is 9.59 Å². The molecule has 0 aromatic heterocycles. The Morgan fingerprint density at radius 3 is 1.90 bits per heavy atom. The first-order valence-electron chi connectivity index (χ1n) is 13.2. The number of hydrogen-bond acceptors (Lipinski definition) is 6. The number of rotatable bonds is 6. The number of piperazine rings is 1. The maximum absolute atomic E-state index is 13.1. The molecule has 0 radical (unpaired) electrons. The zero-order chi connectivity index (χ0) is 28.9. The van der Waals surface area contributed by atoms with Crippen LogP contribution < -0.4 is 25.0 Å². The predicted octanol–water partition coefficient (Wildman–Crippen LogP) is 5.09. The summed E-state index contributed by atoms with van der Waals surface area (Å²) < 4.78 is 10.6. The minimum Gasteiger partial charge on any atom is -0.497 e. The van der Waals surface area contributed by atoms with Gasteiger partial charge in [-0.2, -0.15) is 0 Å². The van der Waals surface area contributed by atoms with Gasteiger partial charge in [-0.05, 0) is 71.7 Å². The molecule has 1 aliphatic rings. The lowest BCUT2D eigenvalue weighted by Gasteiger charge is -2.36. The Hall–Kier alpha value is -4.11. The van der Waals surface area contributed by atoms with E-state index in [1.807, 2.05) is 53.4 Å². The first kappa shape index (κ1) is 28.9. The van der Waals surface area contributed by atoms with Crippen molar-refractivity contribution in [3.05, 3.63) is 83.4 Å². The number of carbonyl (C=O) groups excluding carboxylic acids is 2. The second-order valence-electron chi connectivity index (χ2n) is 10.7. The van der Waals surface area contributed by atoms with E-state index in [2.05, 4.69) is 36.3 Å². The smallest absolute Gasteiger partial charge is 0.257 e. The molecule has 1 fully saturated rings.